The summed E-state index contributed by atoms with van der Waals surface area (Å²) in [6.45, 7) is 1.65. The predicted octanol–water partition coefficient (Wildman–Crippen LogP) is 3.14. The van der Waals surface area contributed by atoms with Crippen molar-refractivity contribution in [3.63, 3.8) is 0 Å². The molecule has 0 radical (unpaired) electrons. The Morgan fingerprint density at radius 1 is 1.40 bits per heavy atom. The minimum atomic E-state index is -0.731. The Kier molecular flexibility index (Phi) is 4.25. The number of nitrogens with two attached hydrogens (primary N) is 1. The standard InChI is InChI=1S/C11H10BrF2N/c1-2-3-4-10(15)11-8(13)5-7(12)6-9(11)14/h5-6,10H,4,15H2,1H3. The van der Waals surface area contributed by atoms with Gasteiger partial charge in [0.15, 0.2) is 0 Å². The summed E-state index contributed by atoms with van der Waals surface area (Å²) in [4.78, 5) is 0. The Bertz CT molecular complexity index is 397. The topological polar surface area (TPSA) is 26.0 Å². The quantitative estimate of drug-likeness (QED) is 0.824. The minimum absolute atomic E-state index is 0.110. The molecule has 2 N–H and O–H groups in total. The molecule has 4 heteroatoms. The maximum atomic E-state index is 13.4. The van der Waals surface area contributed by atoms with Crippen molar-refractivity contribution >= 4 is 15.9 Å². The van der Waals surface area contributed by atoms with Crippen LogP contribution < -0.4 is 5.73 Å². The molecule has 0 amide bonds. The van der Waals surface area contributed by atoms with Crippen molar-refractivity contribution in [1.82, 2.24) is 0 Å². The lowest BCUT2D eigenvalue weighted by Gasteiger charge is -2.11. The van der Waals surface area contributed by atoms with E-state index in [1.807, 2.05) is 0 Å². The second-order valence-electron chi connectivity index (χ2n) is 3.02. The molecule has 0 saturated heterocycles. The summed E-state index contributed by atoms with van der Waals surface area (Å²) in [7, 11) is 0. The van der Waals surface area contributed by atoms with Crippen LogP contribution in [-0.2, 0) is 0 Å². The molecular formula is C11H10BrF2N. The average Bonchev–Trinajstić information content (AvgIpc) is 2.12. The second-order valence-corrected chi connectivity index (χ2v) is 3.94. The molecule has 0 heterocycles. The number of benzene rings is 1. The van der Waals surface area contributed by atoms with Crippen molar-refractivity contribution in [2.45, 2.75) is 19.4 Å². The third kappa shape index (κ3) is 3.01. The summed E-state index contributed by atoms with van der Waals surface area (Å²) in [6, 6.07) is 1.65. The zero-order valence-corrected chi connectivity index (χ0v) is 9.74. The fraction of sp³-hybridized carbons (Fsp3) is 0.273. The molecule has 0 fully saturated rings. The van der Waals surface area contributed by atoms with Gasteiger partial charge in [-0.05, 0) is 19.1 Å². The van der Waals surface area contributed by atoms with Crippen molar-refractivity contribution in [1.29, 1.82) is 0 Å². The summed E-state index contributed by atoms with van der Waals surface area (Å²) < 4.78 is 27.1. The van der Waals surface area contributed by atoms with Crippen LogP contribution in [0.5, 0.6) is 0 Å². The molecule has 0 spiro atoms. The summed E-state index contributed by atoms with van der Waals surface area (Å²) in [6.07, 6.45) is 0.242. The Labute approximate surface area is 95.8 Å². The molecule has 1 nitrogen and oxygen atoms in total. The van der Waals surface area contributed by atoms with Gasteiger partial charge in [-0.15, -0.1) is 11.8 Å². The molecule has 1 aromatic carbocycles. The van der Waals surface area contributed by atoms with Gasteiger partial charge in [-0.25, -0.2) is 8.78 Å². The van der Waals surface area contributed by atoms with E-state index in [9.17, 15) is 8.78 Å². The van der Waals surface area contributed by atoms with Gasteiger partial charge in [0.2, 0.25) is 0 Å². The Morgan fingerprint density at radius 2 is 1.93 bits per heavy atom. The van der Waals surface area contributed by atoms with Gasteiger partial charge in [0, 0.05) is 22.5 Å². The van der Waals surface area contributed by atoms with Crippen LogP contribution in [0.3, 0.4) is 0 Å². The van der Waals surface area contributed by atoms with Gasteiger partial charge in [0.25, 0.3) is 0 Å². The summed E-state index contributed by atoms with van der Waals surface area (Å²) in [5, 5.41) is 0. The lowest BCUT2D eigenvalue weighted by molar-refractivity contribution is 0.527. The van der Waals surface area contributed by atoms with Gasteiger partial charge in [-0.3, -0.25) is 0 Å². The monoisotopic (exact) mass is 273 g/mol. The highest BCUT2D eigenvalue weighted by molar-refractivity contribution is 9.10. The first-order valence-electron chi connectivity index (χ1n) is 4.36. The highest BCUT2D eigenvalue weighted by Crippen LogP contribution is 2.24. The molecule has 0 aliphatic heterocycles. The number of halogens is 3. The number of rotatable bonds is 2. The van der Waals surface area contributed by atoms with Crippen molar-refractivity contribution in [3.8, 4) is 11.8 Å². The van der Waals surface area contributed by atoms with E-state index >= 15 is 0 Å². The van der Waals surface area contributed by atoms with E-state index in [0.717, 1.165) is 0 Å². The lowest BCUT2D eigenvalue weighted by Crippen LogP contribution is -2.13. The largest absolute Gasteiger partial charge is 0.323 e. The molecule has 0 aromatic heterocycles. The van der Waals surface area contributed by atoms with E-state index < -0.39 is 17.7 Å². The fourth-order valence-corrected chi connectivity index (χ4v) is 1.62. The van der Waals surface area contributed by atoms with E-state index in [1.165, 1.54) is 12.1 Å². The van der Waals surface area contributed by atoms with Crippen LogP contribution in [0.4, 0.5) is 8.78 Å². The summed E-state index contributed by atoms with van der Waals surface area (Å²) in [5.74, 6) is 4.04. The normalized spacial score (nSPS) is 11.8. The van der Waals surface area contributed by atoms with Crippen molar-refractivity contribution in [3.05, 3.63) is 33.8 Å². The number of hydrogen-bond donors (Lipinski definition) is 1. The summed E-state index contributed by atoms with van der Waals surface area (Å²) in [5.41, 5.74) is 5.52. The minimum Gasteiger partial charge on any atom is -0.323 e. The molecule has 0 bridgehead atoms. The van der Waals surface area contributed by atoms with E-state index in [2.05, 4.69) is 27.8 Å². The SMILES string of the molecule is CC#CCC(N)c1c(F)cc(Br)cc1F. The van der Waals surface area contributed by atoms with Gasteiger partial charge in [-0.1, -0.05) is 15.9 Å². The Hall–Kier alpha value is -0.920. The third-order valence-corrected chi connectivity index (χ3v) is 2.37. The first kappa shape index (κ1) is 12.2. The van der Waals surface area contributed by atoms with E-state index in [1.54, 1.807) is 6.92 Å². The first-order valence-corrected chi connectivity index (χ1v) is 5.15. The van der Waals surface area contributed by atoms with Crippen LogP contribution in [0.2, 0.25) is 0 Å². The van der Waals surface area contributed by atoms with Crippen LogP contribution in [0.15, 0.2) is 16.6 Å². The van der Waals surface area contributed by atoms with Crippen LogP contribution in [0.25, 0.3) is 0 Å². The predicted molar refractivity (Wildman–Crippen MR) is 59.1 cm³/mol. The number of hydrogen-bond acceptors (Lipinski definition) is 1. The molecule has 1 rings (SSSR count). The van der Waals surface area contributed by atoms with E-state index in [0.29, 0.717) is 4.47 Å². The molecular weight excluding hydrogens is 264 g/mol. The smallest absolute Gasteiger partial charge is 0.132 e. The average molecular weight is 274 g/mol. The van der Waals surface area contributed by atoms with Gasteiger partial charge in [0.05, 0.1) is 0 Å². The fourth-order valence-electron chi connectivity index (χ4n) is 1.22. The highest BCUT2D eigenvalue weighted by Gasteiger charge is 2.16. The van der Waals surface area contributed by atoms with E-state index in [4.69, 9.17) is 5.73 Å². The zero-order chi connectivity index (χ0) is 11.4. The molecule has 0 aliphatic carbocycles. The molecule has 1 unspecified atom stereocenters. The van der Waals surface area contributed by atoms with Gasteiger partial charge in [0.1, 0.15) is 11.6 Å². The van der Waals surface area contributed by atoms with Gasteiger partial charge in [-0.2, -0.15) is 0 Å². The molecule has 80 valence electrons. The van der Waals surface area contributed by atoms with Crippen LogP contribution in [0, 0.1) is 23.5 Å². The second kappa shape index (κ2) is 5.24. The van der Waals surface area contributed by atoms with Crippen LogP contribution >= 0.6 is 15.9 Å². The molecule has 15 heavy (non-hydrogen) atoms. The Balaban J connectivity index is 3.06. The first-order chi connectivity index (χ1) is 7.06. The van der Waals surface area contributed by atoms with Gasteiger partial charge >= 0.3 is 0 Å². The zero-order valence-electron chi connectivity index (χ0n) is 8.15. The lowest BCUT2D eigenvalue weighted by atomic mass is 10.0. The van der Waals surface area contributed by atoms with Crippen molar-refractivity contribution < 1.29 is 8.78 Å². The molecule has 0 aliphatic rings. The molecule has 1 aromatic rings. The molecule has 1 atom stereocenters. The van der Waals surface area contributed by atoms with Crippen LogP contribution in [-0.4, -0.2) is 0 Å². The maximum Gasteiger partial charge on any atom is 0.132 e. The van der Waals surface area contributed by atoms with Crippen LogP contribution in [0.1, 0.15) is 24.9 Å². The van der Waals surface area contributed by atoms with Crippen molar-refractivity contribution in [2.75, 3.05) is 0 Å². The molecule has 0 saturated carbocycles. The summed E-state index contributed by atoms with van der Waals surface area (Å²) >= 11 is 3.00. The highest BCUT2D eigenvalue weighted by atomic mass is 79.9. The maximum absolute atomic E-state index is 13.4. The Morgan fingerprint density at radius 3 is 2.40 bits per heavy atom. The van der Waals surface area contributed by atoms with Crippen molar-refractivity contribution in [2.24, 2.45) is 5.73 Å². The third-order valence-electron chi connectivity index (χ3n) is 1.91. The van der Waals surface area contributed by atoms with Gasteiger partial charge < -0.3 is 5.73 Å². The van der Waals surface area contributed by atoms with E-state index in [-0.39, 0.29) is 12.0 Å².